The van der Waals surface area contributed by atoms with Crippen LogP contribution in [0.4, 0.5) is 0 Å². The van der Waals surface area contributed by atoms with Gasteiger partial charge in [-0.15, -0.1) is 0 Å². The lowest BCUT2D eigenvalue weighted by Gasteiger charge is -2.30. The van der Waals surface area contributed by atoms with Crippen molar-refractivity contribution in [1.29, 1.82) is 0 Å². The third-order valence-corrected chi connectivity index (χ3v) is 4.48. The predicted octanol–water partition coefficient (Wildman–Crippen LogP) is 2.51. The summed E-state index contributed by atoms with van der Waals surface area (Å²) < 4.78 is 0.955. The van der Waals surface area contributed by atoms with Crippen molar-refractivity contribution in [3.63, 3.8) is 0 Å². The summed E-state index contributed by atoms with van der Waals surface area (Å²) in [5.41, 5.74) is 6.52. The zero-order valence-electron chi connectivity index (χ0n) is 9.33. The number of halogens is 2. The highest BCUT2D eigenvalue weighted by molar-refractivity contribution is 14.1. The Morgan fingerprint density at radius 3 is 2.94 bits per heavy atom. The first kappa shape index (κ1) is 13.1. The molecule has 1 aliphatic rings. The van der Waals surface area contributed by atoms with Gasteiger partial charge >= 0.3 is 0 Å². The smallest absolute Gasteiger partial charge is 0.253 e. The molecule has 5 heteroatoms. The van der Waals surface area contributed by atoms with E-state index in [1.807, 2.05) is 17.0 Å². The average Bonchev–Trinajstić information content (AvgIpc) is 2.32. The van der Waals surface area contributed by atoms with Gasteiger partial charge in [-0.3, -0.25) is 4.79 Å². The van der Waals surface area contributed by atoms with Gasteiger partial charge < -0.3 is 10.6 Å². The number of amides is 1. The molecule has 1 atom stereocenters. The molecule has 3 nitrogen and oxygen atoms in total. The SMILES string of the molecule is NC1CCCN(C(=O)c2ccc(I)c(Cl)c2)C1. The van der Waals surface area contributed by atoms with E-state index in [9.17, 15) is 4.79 Å². The number of carbonyl (C=O) groups is 1. The lowest BCUT2D eigenvalue weighted by molar-refractivity contribution is 0.0709. The second-order valence-electron chi connectivity index (χ2n) is 4.28. The highest BCUT2D eigenvalue weighted by Gasteiger charge is 2.22. The second kappa shape index (κ2) is 5.54. The fourth-order valence-corrected chi connectivity index (χ4v) is 2.52. The van der Waals surface area contributed by atoms with E-state index >= 15 is 0 Å². The van der Waals surface area contributed by atoms with Crippen molar-refractivity contribution in [2.75, 3.05) is 13.1 Å². The molecule has 2 N–H and O–H groups in total. The Morgan fingerprint density at radius 1 is 1.53 bits per heavy atom. The Balaban J connectivity index is 2.15. The minimum atomic E-state index is 0.0263. The van der Waals surface area contributed by atoms with Crippen LogP contribution in [0.2, 0.25) is 5.02 Å². The molecule has 0 bridgehead atoms. The predicted molar refractivity (Wildman–Crippen MR) is 77.3 cm³/mol. The first-order valence-electron chi connectivity index (χ1n) is 5.58. The number of hydrogen-bond acceptors (Lipinski definition) is 2. The first-order valence-corrected chi connectivity index (χ1v) is 7.03. The molecule has 0 aromatic heterocycles. The van der Waals surface area contributed by atoms with Crippen molar-refractivity contribution in [1.82, 2.24) is 4.90 Å². The van der Waals surface area contributed by atoms with E-state index < -0.39 is 0 Å². The monoisotopic (exact) mass is 364 g/mol. The van der Waals surface area contributed by atoms with Crippen LogP contribution >= 0.6 is 34.2 Å². The molecule has 1 unspecified atom stereocenters. The molecular formula is C12H14ClIN2O. The van der Waals surface area contributed by atoms with Crippen LogP contribution in [0.25, 0.3) is 0 Å². The van der Waals surface area contributed by atoms with Crippen molar-refractivity contribution >= 4 is 40.1 Å². The highest BCUT2D eigenvalue weighted by atomic mass is 127. The number of carbonyl (C=O) groups excluding carboxylic acids is 1. The van der Waals surface area contributed by atoms with Crippen LogP contribution in [0.15, 0.2) is 18.2 Å². The molecule has 1 aliphatic heterocycles. The van der Waals surface area contributed by atoms with Crippen molar-refractivity contribution in [3.8, 4) is 0 Å². The topological polar surface area (TPSA) is 46.3 Å². The lowest BCUT2D eigenvalue weighted by Crippen LogP contribution is -2.45. The quantitative estimate of drug-likeness (QED) is 0.778. The van der Waals surface area contributed by atoms with Gasteiger partial charge in [-0.05, 0) is 53.6 Å². The number of nitrogens with two attached hydrogens (primary N) is 1. The van der Waals surface area contributed by atoms with Crippen molar-refractivity contribution in [3.05, 3.63) is 32.4 Å². The minimum absolute atomic E-state index is 0.0263. The van der Waals surface area contributed by atoms with Gasteiger partial charge in [0.1, 0.15) is 0 Å². The third kappa shape index (κ3) is 3.11. The summed E-state index contributed by atoms with van der Waals surface area (Å²) in [6, 6.07) is 5.51. The fourth-order valence-electron chi connectivity index (χ4n) is 2.01. The molecule has 0 spiro atoms. The summed E-state index contributed by atoms with van der Waals surface area (Å²) in [5.74, 6) is 0.0263. The Hall–Kier alpha value is -0.330. The van der Waals surface area contributed by atoms with E-state index in [-0.39, 0.29) is 11.9 Å². The average molecular weight is 365 g/mol. The van der Waals surface area contributed by atoms with Gasteiger partial charge in [0.15, 0.2) is 0 Å². The van der Waals surface area contributed by atoms with E-state index in [0.717, 1.165) is 23.0 Å². The van der Waals surface area contributed by atoms with E-state index in [0.29, 0.717) is 17.1 Å². The first-order chi connectivity index (χ1) is 8.08. The Bertz CT molecular complexity index is 439. The molecule has 1 heterocycles. The Labute approximate surface area is 119 Å². The summed E-state index contributed by atoms with van der Waals surface area (Å²) in [4.78, 5) is 14.0. The van der Waals surface area contributed by atoms with Crippen LogP contribution in [-0.4, -0.2) is 29.9 Å². The molecule has 1 saturated heterocycles. The van der Waals surface area contributed by atoms with E-state index in [1.54, 1.807) is 6.07 Å². The number of likely N-dealkylation sites (tertiary alicyclic amines) is 1. The van der Waals surface area contributed by atoms with Gasteiger partial charge in [-0.25, -0.2) is 0 Å². The summed E-state index contributed by atoms with van der Waals surface area (Å²) in [6.45, 7) is 1.43. The maximum absolute atomic E-state index is 12.2. The number of piperidine rings is 1. The van der Waals surface area contributed by atoms with E-state index in [4.69, 9.17) is 17.3 Å². The van der Waals surface area contributed by atoms with Gasteiger partial charge in [0, 0.05) is 28.3 Å². The minimum Gasteiger partial charge on any atom is -0.337 e. The van der Waals surface area contributed by atoms with Gasteiger partial charge in [-0.2, -0.15) is 0 Å². The van der Waals surface area contributed by atoms with Gasteiger partial charge in [0.2, 0.25) is 0 Å². The van der Waals surface area contributed by atoms with Crippen LogP contribution < -0.4 is 5.73 Å². The van der Waals surface area contributed by atoms with Gasteiger partial charge in [0.25, 0.3) is 5.91 Å². The fraction of sp³-hybridized carbons (Fsp3) is 0.417. The molecule has 1 aromatic carbocycles. The molecule has 92 valence electrons. The second-order valence-corrected chi connectivity index (χ2v) is 5.85. The zero-order chi connectivity index (χ0) is 12.4. The summed E-state index contributed by atoms with van der Waals surface area (Å²) in [5, 5.41) is 0.623. The molecular weight excluding hydrogens is 351 g/mol. The molecule has 2 rings (SSSR count). The highest BCUT2D eigenvalue weighted by Crippen LogP contribution is 2.21. The van der Waals surface area contributed by atoms with E-state index in [1.165, 1.54) is 0 Å². The molecule has 17 heavy (non-hydrogen) atoms. The molecule has 1 fully saturated rings. The third-order valence-electron chi connectivity index (χ3n) is 2.91. The number of rotatable bonds is 1. The van der Waals surface area contributed by atoms with Gasteiger partial charge in [0.05, 0.1) is 5.02 Å². The lowest BCUT2D eigenvalue weighted by atomic mass is 10.1. The molecule has 0 saturated carbocycles. The van der Waals surface area contributed by atoms with Crippen LogP contribution in [0, 0.1) is 3.57 Å². The molecule has 0 radical (unpaired) electrons. The number of hydrogen-bond donors (Lipinski definition) is 1. The van der Waals surface area contributed by atoms with Gasteiger partial charge in [-0.1, -0.05) is 11.6 Å². The standard InChI is InChI=1S/C12H14ClIN2O/c13-10-6-8(3-4-11(10)14)12(17)16-5-1-2-9(15)7-16/h3-4,6,9H,1-2,5,7,15H2. The molecule has 0 aliphatic carbocycles. The Morgan fingerprint density at radius 2 is 2.29 bits per heavy atom. The summed E-state index contributed by atoms with van der Waals surface area (Å²) in [6.07, 6.45) is 1.97. The largest absolute Gasteiger partial charge is 0.337 e. The number of benzene rings is 1. The van der Waals surface area contributed by atoms with Crippen LogP contribution in [0.3, 0.4) is 0 Å². The molecule has 1 aromatic rings. The maximum atomic E-state index is 12.2. The number of nitrogens with zero attached hydrogens (tertiary/aromatic N) is 1. The normalized spacial score (nSPS) is 20.4. The summed E-state index contributed by atoms with van der Waals surface area (Å²) >= 11 is 8.17. The van der Waals surface area contributed by atoms with Crippen LogP contribution in [0.1, 0.15) is 23.2 Å². The van der Waals surface area contributed by atoms with Crippen molar-refractivity contribution in [2.45, 2.75) is 18.9 Å². The molecule has 1 amide bonds. The maximum Gasteiger partial charge on any atom is 0.253 e. The van der Waals surface area contributed by atoms with Crippen LogP contribution in [-0.2, 0) is 0 Å². The van der Waals surface area contributed by atoms with Crippen molar-refractivity contribution < 1.29 is 4.79 Å². The zero-order valence-corrected chi connectivity index (χ0v) is 12.2. The Kier molecular flexibility index (Phi) is 4.27. The van der Waals surface area contributed by atoms with Crippen LogP contribution in [0.5, 0.6) is 0 Å². The van der Waals surface area contributed by atoms with E-state index in [2.05, 4.69) is 22.6 Å². The summed E-state index contributed by atoms with van der Waals surface area (Å²) in [7, 11) is 0. The van der Waals surface area contributed by atoms with Crippen molar-refractivity contribution in [2.24, 2.45) is 5.73 Å².